The average Bonchev–Trinajstić information content (AvgIpc) is 3.24. The Morgan fingerprint density at radius 3 is 2.67 bits per heavy atom. The molecule has 0 saturated carbocycles. The van der Waals surface area contributed by atoms with Crippen LogP contribution >= 0.6 is 0 Å². The maximum absolute atomic E-state index is 12.6. The monoisotopic (exact) mass is 316 g/mol. The van der Waals surface area contributed by atoms with Crippen LogP contribution in [0.3, 0.4) is 0 Å². The summed E-state index contributed by atoms with van der Waals surface area (Å²) in [6, 6.07) is 18.1. The number of H-pyrrole nitrogens is 1. The fraction of sp³-hybridized carbons (Fsp3) is 0.0526. The molecule has 4 rings (SSSR count). The summed E-state index contributed by atoms with van der Waals surface area (Å²) in [5.41, 5.74) is 2.86. The van der Waals surface area contributed by atoms with Crippen LogP contribution in [0.1, 0.15) is 15.9 Å². The Labute approximate surface area is 139 Å². The highest BCUT2D eigenvalue weighted by atomic mass is 16.1. The number of para-hydroxylation sites is 1. The van der Waals surface area contributed by atoms with Crippen molar-refractivity contribution in [3.63, 3.8) is 0 Å². The number of imidazole rings is 1. The lowest BCUT2D eigenvalue weighted by Gasteiger charge is -2.05. The number of hydrogen-bond donors (Lipinski definition) is 2. The zero-order chi connectivity index (χ0) is 16.4. The fourth-order valence-electron chi connectivity index (χ4n) is 2.85. The minimum atomic E-state index is -0.173. The molecule has 0 aliphatic carbocycles. The summed E-state index contributed by atoms with van der Waals surface area (Å²) in [5, 5.41) is 3.72. The van der Waals surface area contributed by atoms with E-state index in [0.717, 1.165) is 17.4 Å². The Hall–Kier alpha value is -3.34. The molecular formula is C19H16N4O. The third-order valence-electron chi connectivity index (χ3n) is 3.96. The summed E-state index contributed by atoms with van der Waals surface area (Å²) < 4.78 is 2.10. The summed E-state index contributed by atoms with van der Waals surface area (Å²) in [7, 11) is 0. The fourth-order valence-corrected chi connectivity index (χ4v) is 2.85. The highest BCUT2D eigenvalue weighted by Crippen LogP contribution is 2.23. The second-order valence-corrected chi connectivity index (χ2v) is 5.57. The van der Waals surface area contributed by atoms with Crippen molar-refractivity contribution in [3.05, 3.63) is 84.3 Å². The van der Waals surface area contributed by atoms with Gasteiger partial charge in [0.05, 0.1) is 5.56 Å². The molecule has 0 bridgehead atoms. The van der Waals surface area contributed by atoms with E-state index in [-0.39, 0.29) is 5.91 Å². The molecule has 4 aromatic rings. The Morgan fingerprint density at radius 1 is 1.08 bits per heavy atom. The van der Waals surface area contributed by atoms with Crippen molar-refractivity contribution in [2.75, 3.05) is 5.32 Å². The molecule has 0 aliphatic rings. The van der Waals surface area contributed by atoms with Gasteiger partial charge in [-0.1, -0.05) is 48.5 Å². The van der Waals surface area contributed by atoms with Crippen LogP contribution in [0.25, 0.3) is 10.9 Å². The van der Waals surface area contributed by atoms with Gasteiger partial charge in [0, 0.05) is 36.0 Å². The Balaban J connectivity index is 1.72. The first-order chi connectivity index (χ1) is 11.8. The molecule has 5 nitrogen and oxygen atoms in total. The van der Waals surface area contributed by atoms with Crippen LogP contribution < -0.4 is 5.32 Å². The van der Waals surface area contributed by atoms with Crippen molar-refractivity contribution in [2.24, 2.45) is 0 Å². The van der Waals surface area contributed by atoms with Gasteiger partial charge in [0.25, 0.3) is 5.91 Å². The van der Waals surface area contributed by atoms with Gasteiger partial charge in [-0.2, -0.15) is 0 Å². The number of rotatable bonds is 4. The number of nitrogens with zero attached hydrogens (tertiary/aromatic N) is 2. The van der Waals surface area contributed by atoms with E-state index < -0.39 is 0 Å². The topological polar surface area (TPSA) is 62.7 Å². The zero-order valence-electron chi connectivity index (χ0n) is 12.9. The molecule has 0 aliphatic heterocycles. The van der Waals surface area contributed by atoms with E-state index in [0.29, 0.717) is 11.5 Å². The molecule has 0 radical (unpaired) electrons. The van der Waals surface area contributed by atoms with Crippen LogP contribution in [0.4, 0.5) is 5.95 Å². The second-order valence-electron chi connectivity index (χ2n) is 5.57. The lowest BCUT2D eigenvalue weighted by atomic mass is 10.1. The Bertz CT molecular complexity index is 971. The van der Waals surface area contributed by atoms with E-state index in [2.05, 4.69) is 32.0 Å². The largest absolute Gasteiger partial charge is 0.342 e. The third-order valence-corrected chi connectivity index (χ3v) is 3.96. The molecule has 2 aromatic carbocycles. The van der Waals surface area contributed by atoms with Crippen LogP contribution in [0, 0.1) is 0 Å². The first-order valence-electron chi connectivity index (χ1n) is 7.74. The summed E-state index contributed by atoms with van der Waals surface area (Å²) in [5.74, 6) is 0.271. The van der Waals surface area contributed by atoms with Crippen molar-refractivity contribution in [2.45, 2.75) is 6.54 Å². The van der Waals surface area contributed by atoms with Crippen molar-refractivity contribution >= 4 is 22.8 Å². The quantitative estimate of drug-likeness (QED) is 0.603. The van der Waals surface area contributed by atoms with Gasteiger partial charge in [0.15, 0.2) is 0 Å². The Morgan fingerprint density at radius 2 is 1.88 bits per heavy atom. The molecule has 5 heteroatoms. The van der Waals surface area contributed by atoms with E-state index in [1.807, 2.05) is 48.7 Å². The molecule has 0 saturated heterocycles. The summed E-state index contributed by atoms with van der Waals surface area (Å²) in [6.45, 7) is 0.718. The van der Waals surface area contributed by atoms with Gasteiger partial charge in [-0.3, -0.25) is 10.1 Å². The molecule has 118 valence electrons. The molecule has 1 amide bonds. The maximum Gasteiger partial charge on any atom is 0.260 e. The summed E-state index contributed by atoms with van der Waals surface area (Å²) >= 11 is 0. The minimum absolute atomic E-state index is 0.173. The minimum Gasteiger partial charge on any atom is -0.342 e. The van der Waals surface area contributed by atoms with E-state index in [1.165, 1.54) is 5.56 Å². The normalized spacial score (nSPS) is 10.8. The van der Waals surface area contributed by atoms with Crippen LogP contribution in [-0.2, 0) is 6.54 Å². The van der Waals surface area contributed by atoms with Crippen LogP contribution in [0.15, 0.2) is 73.2 Å². The lowest BCUT2D eigenvalue weighted by molar-refractivity contribution is 0.102. The summed E-state index contributed by atoms with van der Waals surface area (Å²) in [4.78, 5) is 19.5. The predicted molar refractivity (Wildman–Crippen MR) is 94.0 cm³/mol. The standard InChI is InChI=1S/C19H16N4O/c24-18(22-19-20-10-11-21-19)16-13-23(12-14-6-2-1-3-7-14)17-9-5-4-8-15(16)17/h1-11,13H,12H2,(H2,20,21,22,24). The van der Waals surface area contributed by atoms with Gasteiger partial charge in [-0.25, -0.2) is 4.98 Å². The number of hydrogen-bond acceptors (Lipinski definition) is 2. The predicted octanol–water partition coefficient (Wildman–Crippen LogP) is 3.67. The number of anilines is 1. The van der Waals surface area contributed by atoms with Gasteiger partial charge >= 0.3 is 0 Å². The van der Waals surface area contributed by atoms with Gasteiger partial charge in [0.1, 0.15) is 0 Å². The van der Waals surface area contributed by atoms with E-state index in [1.54, 1.807) is 12.4 Å². The lowest BCUT2D eigenvalue weighted by Crippen LogP contribution is -2.12. The zero-order valence-corrected chi connectivity index (χ0v) is 12.9. The van der Waals surface area contributed by atoms with Gasteiger partial charge in [-0.15, -0.1) is 0 Å². The highest BCUT2D eigenvalue weighted by molar-refractivity contribution is 6.12. The number of carbonyl (C=O) groups excluding carboxylic acids is 1. The number of fused-ring (bicyclic) bond motifs is 1. The van der Waals surface area contributed by atoms with E-state index in [4.69, 9.17) is 0 Å². The maximum atomic E-state index is 12.6. The molecule has 0 unspecified atom stereocenters. The van der Waals surface area contributed by atoms with Crippen molar-refractivity contribution in [1.82, 2.24) is 14.5 Å². The molecule has 0 fully saturated rings. The summed E-state index contributed by atoms with van der Waals surface area (Å²) in [6.07, 6.45) is 5.18. The van der Waals surface area contributed by atoms with Crippen LogP contribution in [0.5, 0.6) is 0 Å². The van der Waals surface area contributed by atoms with Gasteiger partial charge < -0.3 is 9.55 Å². The molecule has 2 aromatic heterocycles. The first-order valence-corrected chi connectivity index (χ1v) is 7.74. The second kappa shape index (κ2) is 6.04. The molecular weight excluding hydrogens is 300 g/mol. The van der Waals surface area contributed by atoms with Gasteiger partial charge in [0.2, 0.25) is 5.95 Å². The molecule has 2 N–H and O–H groups in total. The number of benzene rings is 2. The first kappa shape index (κ1) is 14.3. The number of aromatic nitrogens is 3. The van der Waals surface area contributed by atoms with E-state index in [9.17, 15) is 4.79 Å². The number of nitrogens with one attached hydrogen (secondary N) is 2. The molecule has 24 heavy (non-hydrogen) atoms. The average molecular weight is 316 g/mol. The number of carbonyl (C=O) groups is 1. The molecule has 0 atom stereocenters. The molecule has 0 spiro atoms. The highest BCUT2D eigenvalue weighted by Gasteiger charge is 2.15. The van der Waals surface area contributed by atoms with Crippen molar-refractivity contribution in [3.8, 4) is 0 Å². The Kier molecular flexibility index (Phi) is 3.59. The molecule has 2 heterocycles. The third kappa shape index (κ3) is 2.67. The van der Waals surface area contributed by atoms with Crippen molar-refractivity contribution in [1.29, 1.82) is 0 Å². The van der Waals surface area contributed by atoms with Crippen molar-refractivity contribution < 1.29 is 4.79 Å². The van der Waals surface area contributed by atoms with Crippen LogP contribution in [0.2, 0.25) is 0 Å². The number of aromatic amines is 1. The van der Waals surface area contributed by atoms with Crippen LogP contribution in [-0.4, -0.2) is 20.4 Å². The SMILES string of the molecule is O=C(Nc1ncc[nH]1)c1cn(Cc2ccccc2)c2ccccc12. The van der Waals surface area contributed by atoms with E-state index >= 15 is 0 Å². The smallest absolute Gasteiger partial charge is 0.260 e. The number of amides is 1. The van der Waals surface area contributed by atoms with Gasteiger partial charge in [-0.05, 0) is 11.6 Å².